The van der Waals surface area contributed by atoms with Crippen LogP contribution in [-0.2, 0) is 16.0 Å². The van der Waals surface area contributed by atoms with Crippen LogP contribution in [0.2, 0.25) is 5.02 Å². The number of hydrogen-bond donors (Lipinski definition) is 2. The van der Waals surface area contributed by atoms with Crippen LogP contribution in [0.5, 0.6) is 0 Å². The zero-order chi connectivity index (χ0) is 23.5. The number of fused-ring (bicyclic) bond motifs is 1. The van der Waals surface area contributed by atoms with Crippen molar-refractivity contribution in [1.29, 1.82) is 0 Å². The molecule has 34 heavy (non-hydrogen) atoms. The SMILES string of the molecule is O=C(Cc1cccs1)Nc1ccc(Cl)c(N=C2NC(=O)/C(=C/c3ccc4ncccc4c3)S2)c1. The van der Waals surface area contributed by atoms with Crippen LogP contribution in [0.4, 0.5) is 11.4 Å². The number of amidine groups is 1. The third-order valence-electron chi connectivity index (χ3n) is 4.94. The van der Waals surface area contributed by atoms with E-state index in [1.807, 2.05) is 53.9 Å². The quantitative estimate of drug-likeness (QED) is 0.325. The van der Waals surface area contributed by atoms with E-state index in [0.717, 1.165) is 21.3 Å². The van der Waals surface area contributed by atoms with Crippen molar-refractivity contribution in [3.05, 3.63) is 92.6 Å². The van der Waals surface area contributed by atoms with Gasteiger partial charge in [0.2, 0.25) is 5.91 Å². The molecule has 2 aromatic heterocycles. The van der Waals surface area contributed by atoms with Gasteiger partial charge in [-0.25, -0.2) is 4.99 Å². The van der Waals surface area contributed by atoms with Crippen molar-refractivity contribution >= 4 is 80.0 Å². The number of anilines is 1. The van der Waals surface area contributed by atoms with E-state index < -0.39 is 0 Å². The minimum absolute atomic E-state index is 0.122. The van der Waals surface area contributed by atoms with Gasteiger partial charge in [0.15, 0.2) is 5.17 Å². The molecule has 0 aliphatic carbocycles. The normalized spacial score (nSPS) is 15.7. The van der Waals surface area contributed by atoms with Crippen molar-refractivity contribution in [2.45, 2.75) is 6.42 Å². The minimum atomic E-state index is -0.230. The molecular formula is C25H17ClN4O2S2. The Kier molecular flexibility index (Phi) is 6.44. The van der Waals surface area contributed by atoms with Gasteiger partial charge in [-0.3, -0.25) is 14.6 Å². The third-order valence-corrected chi connectivity index (χ3v) is 7.05. The highest BCUT2D eigenvalue weighted by Gasteiger charge is 2.24. The van der Waals surface area contributed by atoms with Crippen LogP contribution in [0.3, 0.4) is 0 Å². The highest BCUT2D eigenvalue weighted by molar-refractivity contribution is 8.18. The lowest BCUT2D eigenvalue weighted by atomic mass is 10.1. The summed E-state index contributed by atoms with van der Waals surface area (Å²) in [7, 11) is 0. The Hall–Kier alpha value is -3.46. The van der Waals surface area contributed by atoms with Crippen molar-refractivity contribution in [2.24, 2.45) is 4.99 Å². The second kappa shape index (κ2) is 9.80. The molecule has 4 aromatic rings. The summed E-state index contributed by atoms with van der Waals surface area (Å²) >= 11 is 9.09. The number of nitrogens with one attached hydrogen (secondary N) is 2. The lowest BCUT2D eigenvalue weighted by molar-refractivity contribution is -0.116. The number of pyridine rings is 1. The Balaban J connectivity index is 1.33. The Morgan fingerprint density at radius 2 is 2.06 bits per heavy atom. The Morgan fingerprint density at radius 3 is 2.91 bits per heavy atom. The number of aliphatic imine (C=N–C) groups is 1. The van der Waals surface area contributed by atoms with Crippen molar-refractivity contribution in [3.63, 3.8) is 0 Å². The van der Waals surface area contributed by atoms with E-state index in [-0.39, 0.29) is 11.8 Å². The fourth-order valence-corrected chi connectivity index (χ4v) is 5.08. The van der Waals surface area contributed by atoms with Gasteiger partial charge in [-0.05, 0) is 71.2 Å². The Labute approximate surface area is 208 Å². The van der Waals surface area contributed by atoms with E-state index in [1.165, 1.54) is 23.1 Å². The summed E-state index contributed by atoms with van der Waals surface area (Å²) in [5.74, 6) is -0.353. The molecule has 168 valence electrons. The largest absolute Gasteiger partial charge is 0.326 e. The number of rotatable bonds is 5. The van der Waals surface area contributed by atoms with Gasteiger partial charge < -0.3 is 10.6 Å². The highest BCUT2D eigenvalue weighted by atomic mass is 35.5. The van der Waals surface area contributed by atoms with E-state index >= 15 is 0 Å². The topological polar surface area (TPSA) is 83.5 Å². The summed E-state index contributed by atoms with van der Waals surface area (Å²) in [6, 6.07) is 18.6. The summed E-state index contributed by atoms with van der Waals surface area (Å²) < 4.78 is 0. The van der Waals surface area contributed by atoms with Gasteiger partial charge in [0.25, 0.3) is 5.91 Å². The third kappa shape index (κ3) is 5.20. The monoisotopic (exact) mass is 504 g/mol. The summed E-state index contributed by atoms with van der Waals surface area (Å²) in [6.07, 6.45) is 3.87. The molecule has 1 aliphatic rings. The second-order valence-electron chi connectivity index (χ2n) is 7.41. The summed E-state index contributed by atoms with van der Waals surface area (Å²) in [6.45, 7) is 0. The molecule has 0 bridgehead atoms. The van der Waals surface area contributed by atoms with Gasteiger partial charge >= 0.3 is 0 Å². The smallest absolute Gasteiger partial charge is 0.264 e. The number of nitrogens with zero attached hydrogens (tertiary/aromatic N) is 2. The molecular weight excluding hydrogens is 488 g/mol. The van der Waals surface area contributed by atoms with Crippen molar-refractivity contribution in [2.75, 3.05) is 5.32 Å². The molecule has 6 nitrogen and oxygen atoms in total. The molecule has 3 heterocycles. The zero-order valence-corrected chi connectivity index (χ0v) is 20.0. The first-order valence-electron chi connectivity index (χ1n) is 10.3. The first-order chi connectivity index (χ1) is 16.5. The fraction of sp³-hybridized carbons (Fsp3) is 0.0400. The maximum Gasteiger partial charge on any atom is 0.264 e. The van der Waals surface area contributed by atoms with Gasteiger partial charge in [-0.1, -0.05) is 29.8 Å². The standard InChI is InChI=1S/C25H17ClN4O2S2/c26-19-7-6-17(28-23(31)14-18-4-2-10-33-18)13-21(19)29-25-30-24(32)22(34-25)12-15-5-8-20-16(11-15)3-1-9-27-20/h1-13H,14H2,(H,28,31)(H,29,30,32)/b22-12-. The molecule has 0 spiro atoms. The number of thiophene rings is 1. The van der Waals surface area contributed by atoms with Crippen LogP contribution in [0, 0.1) is 0 Å². The van der Waals surface area contributed by atoms with E-state index in [0.29, 0.717) is 32.9 Å². The molecule has 1 aliphatic heterocycles. The first-order valence-corrected chi connectivity index (χ1v) is 12.4. The van der Waals surface area contributed by atoms with Crippen LogP contribution in [0.25, 0.3) is 17.0 Å². The van der Waals surface area contributed by atoms with Gasteiger partial charge in [0.1, 0.15) is 0 Å². The molecule has 0 unspecified atom stereocenters. The van der Waals surface area contributed by atoms with Gasteiger partial charge in [-0.2, -0.15) is 0 Å². The number of hydrogen-bond acceptors (Lipinski definition) is 6. The number of benzene rings is 2. The number of aromatic nitrogens is 1. The van der Waals surface area contributed by atoms with Crippen molar-refractivity contribution in [1.82, 2.24) is 10.3 Å². The molecule has 9 heteroatoms. The van der Waals surface area contributed by atoms with E-state index in [4.69, 9.17) is 11.6 Å². The predicted octanol–water partition coefficient (Wildman–Crippen LogP) is 6.02. The van der Waals surface area contributed by atoms with Gasteiger partial charge in [0, 0.05) is 22.1 Å². The first kappa shape index (κ1) is 22.3. The molecule has 0 radical (unpaired) electrons. The number of carbonyl (C=O) groups excluding carboxylic acids is 2. The van der Waals surface area contributed by atoms with Crippen molar-refractivity contribution in [3.8, 4) is 0 Å². The van der Waals surface area contributed by atoms with Crippen LogP contribution in [0.1, 0.15) is 10.4 Å². The number of amides is 2. The molecule has 0 saturated carbocycles. The molecule has 0 atom stereocenters. The van der Waals surface area contributed by atoms with E-state index in [9.17, 15) is 9.59 Å². The average Bonchev–Trinajstić information content (AvgIpc) is 3.45. The number of carbonyl (C=O) groups is 2. The second-order valence-corrected chi connectivity index (χ2v) is 9.88. The Morgan fingerprint density at radius 1 is 1.15 bits per heavy atom. The highest BCUT2D eigenvalue weighted by Crippen LogP contribution is 2.33. The van der Waals surface area contributed by atoms with Crippen LogP contribution in [-0.4, -0.2) is 22.0 Å². The number of halogens is 1. The van der Waals surface area contributed by atoms with Crippen LogP contribution < -0.4 is 10.6 Å². The molecule has 1 saturated heterocycles. The zero-order valence-electron chi connectivity index (χ0n) is 17.6. The van der Waals surface area contributed by atoms with E-state index in [2.05, 4.69) is 20.6 Å². The summed E-state index contributed by atoms with van der Waals surface area (Å²) in [4.78, 5) is 35.2. The molecule has 1 fully saturated rings. The van der Waals surface area contributed by atoms with Crippen LogP contribution >= 0.6 is 34.7 Å². The van der Waals surface area contributed by atoms with Crippen molar-refractivity contribution < 1.29 is 9.59 Å². The predicted molar refractivity (Wildman–Crippen MR) is 141 cm³/mol. The van der Waals surface area contributed by atoms with Crippen LogP contribution in [0.15, 0.2) is 82.1 Å². The van der Waals surface area contributed by atoms with Gasteiger partial charge in [-0.15, -0.1) is 11.3 Å². The number of thioether (sulfide) groups is 1. The maximum absolute atomic E-state index is 12.5. The lowest BCUT2D eigenvalue weighted by Gasteiger charge is -2.07. The Bertz CT molecular complexity index is 1470. The summed E-state index contributed by atoms with van der Waals surface area (Å²) in [5.41, 5.74) is 2.83. The van der Waals surface area contributed by atoms with E-state index in [1.54, 1.807) is 24.4 Å². The average molecular weight is 505 g/mol. The molecule has 5 rings (SSSR count). The minimum Gasteiger partial charge on any atom is -0.326 e. The fourth-order valence-electron chi connectivity index (χ4n) is 3.38. The summed E-state index contributed by atoms with van der Waals surface area (Å²) in [5, 5.41) is 9.41. The van der Waals surface area contributed by atoms with Gasteiger partial charge in [0.05, 0.1) is 27.6 Å². The molecule has 2 N–H and O–H groups in total. The lowest BCUT2D eigenvalue weighted by Crippen LogP contribution is -2.19. The molecule has 2 amide bonds. The maximum atomic E-state index is 12.5. The molecule has 2 aromatic carbocycles.